The number of carbonyl (C=O) groups is 2. The number of aromatic nitrogens is 4. The van der Waals surface area contributed by atoms with E-state index in [-0.39, 0.29) is 17.1 Å². The van der Waals surface area contributed by atoms with Crippen molar-refractivity contribution in [1.29, 1.82) is 0 Å². The third-order valence-electron chi connectivity index (χ3n) is 9.07. The summed E-state index contributed by atoms with van der Waals surface area (Å²) in [5.41, 5.74) is 2.41. The Morgan fingerprint density at radius 2 is 1.23 bits per heavy atom. The maximum absolute atomic E-state index is 13.7. The molecule has 2 aliphatic rings. The van der Waals surface area contributed by atoms with Gasteiger partial charge in [-0.1, -0.05) is 30.3 Å². The average molecular weight is 660 g/mol. The van der Waals surface area contributed by atoms with Gasteiger partial charge in [0.15, 0.2) is 0 Å². The van der Waals surface area contributed by atoms with Gasteiger partial charge in [-0.05, 0) is 73.3 Å². The highest BCUT2D eigenvalue weighted by Crippen LogP contribution is 2.28. The van der Waals surface area contributed by atoms with E-state index in [0.29, 0.717) is 26.2 Å². The van der Waals surface area contributed by atoms with Crippen molar-refractivity contribution in [2.45, 2.75) is 84.3 Å². The predicted molar refractivity (Wildman–Crippen MR) is 189 cm³/mol. The number of benzene rings is 1. The summed E-state index contributed by atoms with van der Waals surface area (Å²) in [7, 11) is 0. The molecule has 0 spiro atoms. The zero-order chi connectivity index (χ0) is 35.0. The summed E-state index contributed by atoms with van der Waals surface area (Å²) in [5.74, 6) is 0. The van der Waals surface area contributed by atoms with E-state index in [1.807, 2.05) is 26.2 Å². The van der Waals surface area contributed by atoms with Crippen LogP contribution in [-0.2, 0) is 6.42 Å². The lowest BCUT2D eigenvalue weighted by Gasteiger charge is -2.50. The van der Waals surface area contributed by atoms with Gasteiger partial charge in [-0.15, -0.1) is 0 Å². The molecule has 48 heavy (non-hydrogen) atoms. The van der Waals surface area contributed by atoms with Crippen LogP contribution in [0.25, 0.3) is 0 Å². The van der Waals surface area contributed by atoms with Crippen molar-refractivity contribution in [1.82, 2.24) is 34.6 Å². The van der Waals surface area contributed by atoms with Crippen LogP contribution in [0, 0.1) is 0 Å². The number of urea groups is 1. The number of nitrogens with zero attached hydrogens (tertiary/aromatic N) is 9. The van der Waals surface area contributed by atoms with Crippen LogP contribution in [0.5, 0.6) is 0 Å². The highest BCUT2D eigenvalue weighted by atomic mass is 16.4. The Labute approximate surface area is 285 Å². The molecule has 3 aromatic rings. The number of unbranched alkanes of at least 4 members (excludes halogenated alkanes) is 1. The fraction of sp³-hybridized carbons (Fsp3) is 0.556. The lowest BCUT2D eigenvalue weighted by molar-refractivity contribution is 0.0654. The van der Waals surface area contributed by atoms with Crippen LogP contribution in [0.3, 0.4) is 0 Å². The number of rotatable bonds is 7. The Morgan fingerprint density at radius 3 is 1.67 bits per heavy atom. The number of hydrogen-bond acceptors (Lipinski definition) is 8. The van der Waals surface area contributed by atoms with Gasteiger partial charge < -0.3 is 24.7 Å². The summed E-state index contributed by atoms with van der Waals surface area (Å²) in [5, 5.41) is 9.11. The molecule has 12 nitrogen and oxygen atoms in total. The largest absolute Gasteiger partial charge is 0.465 e. The second kappa shape index (κ2) is 15.6. The first kappa shape index (κ1) is 36.4. The predicted octanol–water partition coefficient (Wildman–Crippen LogP) is 5.68. The van der Waals surface area contributed by atoms with Crippen molar-refractivity contribution >= 4 is 23.5 Å². The minimum absolute atomic E-state index is 0.140. The van der Waals surface area contributed by atoms with Crippen molar-refractivity contribution in [3.05, 3.63) is 73.3 Å². The van der Waals surface area contributed by atoms with Gasteiger partial charge >= 0.3 is 12.1 Å². The highest BCUT2D eigenvalue weighted by molar-refractivity contribution is 5.76. The smallest absolute Gasteiger partial charge is 0.407 e. The quantitative estimate of drug-likeness (QED) is 0.320. The van der Waals surface area contributed by atoms with Gasteiger partial charge in [-0.3, -0.25) is 4.90 Å². The maximum Gasteiger partial charge on any atom is 0.407 e. The fourth-order valence-electron chi connectivity index (χ4n) is 6.48. The molecule has 1 aromatic carbocycles. The zero-order valence-electron chi connectivity index (χ0n) is 29.7. The molecule has 0 aliphatic carbocycles. The number of carboxylic acid groups (broad SMARTS) is 1. The Balaban J connectivity index is 0.000000257. The molecule has 12 heteroatoms. The van der Waals surface area contributed by atoms with Crippen molar-refractivity contribution in [2.24, 2.45) is 0 Å². The van der Waals surface area contributed by atoms with Gasteiger partial charge in [0.1, 0.15) is 12.7 Å². The van der Waals surface area contributed by atoms with Gasteiger partial charge in [0.25, 0.3) is 0 Å². The normalized spacial score (nSPS) is 17.3. The van der Waals surface area contributed by atoms with Gasteiger partial charge in [-0.2, -0.15) is 0 Å². The Morgan fingerprint density at radius 1 is 0.750 bits per heavy atom. The molecule has 0 saturated carbocycles. The van der Waals surface area contributed by atoms with Gasteiger partial charge in [-0.25, -0.2) is 29.5 Å². The number of carbonyl (C=O) groups excluding carboxylic acids is 1. The number of aryl methyl sites for hydroxylation is 1. The van der Waals surface area contributed by atoms with E-state index in [4.69, 9.17) is 5.11 Å². The topological polar surface area (TPSA) is 122 Å². The lowest BCUT2D eigenvalue weighted by atomic mass is 9.97. The molecule has 0 atom stereocenters. The standard InChI is InChI=1S/C25H37N5O.C11H16N4O2/c1-24(2,3)29(14-10-9-13-21-11-7-6-8-12-21)23(31)30-16-15-28(19-25(30,4)5)22-17-26-20-27-18-22;1-11(2)7-14(3-4-15(11)10(16)17)9-5-12-8-13-6-9/h6-8,11-12,17-18,20H,9-10,13-16,19H2,1-5H3;5-6,8H,3-4,7H2,1-2H3,(H,16,17). The van der Waals surface area contributed by atoms with E-state index in [9.17, 15) is 9.59 Å². The van der Waals surface area contributed by atoms with E-state index in [0.717, 1.165) is 50.3 Å². The molecule has 4 heterocycles. The van der Waals surface area contributed by atoms with Crippen molar-refractivity contribution < 1.29 is 14.7 Å². The SMILES string of the molecule is CC(C)(C)N(CCCCc1ccccc1)C(=O)N1CCN(c2cncnc2)CC1(C)C.CC1(C)CN(c2cncnc2)CCN1C(=O)O. The van der Waals surface area contributed by atoms with E-state index >= 15 is 0 Å². The summed E-state index contributed by atoms with van der Waals surface area (Å²) >= 11 is 0. The first-order valence-corrected chi connectivity index (χ1v) is 16.8. The molecule has 2 aromatic heterocycles. The minimum Gasteiger partial charge on any atom is -0.465 e. The molecular formula is C36H53N9O3. The number of piperazine rings is 2. The zero-order valence-corrected chi connectivity index (χ0v) is 29.7. The maximum atomic E-state index is 13.7. The molecule has 2 fully saturated rings. The molecule has 0 bridgehead atoms. The van der Waals surface area contributed by atoms with Crippen LogP contribution in [0.2, 0.25) is 0 Å². The molecule has 2 saturated heterocycles. The average Bonchev–Trinajstić information content (AvgIpc) is 3.04. The van der Waals surface area contributed by atoms with E-state index in [2.05, 4.69) is 104 Å². The summed E-state index contributed by atoms with van der Waals surface area (Å²) in [4.78, 5) is 51.0. The monoisotopic (exact) mass is 659 g/mol. The molecule has 3 amide bonds. The molecular weight excluding hydrogens is 606 g/mol. The third-order valence-corrected chi connectivity index (χ3v) is 9.07. The van der Waals surface area contributed by atoms with Crippen molar-refractivity contribution in [3.8, 4) is 0 Å². The first-order valence-electron chi connectivity index (χ1n) is 16.8. The third kappa shape index (κ3) is 9.54. The number of hydrogen-bond donors (Lipinski definition) is 1. The summed E-state index contributed by atoms with van der Waals surface area (Å²) in [6.45, 7) is 19.4. The van der Waals surface area contributed by atoms with Gasteiger partial charge in [0.2, 0.25) is 0 Å². The Hall–Kier alpha value is -4.48. The summed E-state index contributed by atoms with van der Waals surface area (Å²) in [6.07, 6.45) is 12.5. The van der Waals surface area contributed by atoms with Crippen LogP contribution >= 0.6 is 0 Å². The highest BCUT2D eigenvalue weighted by Gasteiger charge is 2.41. The van der Waals surface area contributed by atoms with Crippen LogP contribution in [0.4, 0.5) is 21.0 Å². The van der Waals surface area contributed by atoms with Crippen LogP contribution < -0.4 is 9.80 Å². The fourth-order valence-corrected chi connectivity index (χ4v) is 6.48. The van der Waals surface area contributed by atoms with E-state index in [1.54, 1.807) is 18.7 Å². The molecule has 260 valence electrons. The van der Waals surface area contributed by atoms with E-state index < -0.39 is 11.6 Å². The lowest BCUT2D eigenvalue weighted by Crippen LogP contribution is -2.65. The van der Waals surface area contributed by atoms with Crippen molar-refractivity contribution in [2.75, 3.05) is 55.6 Å². The van der Waals surface area contributed by atoms with Gasteiger partial charge in [0, 0.05) is 51.4 Å². The Bertz CT molecular complexity index is 1450. The molecule has 5 rings (SSSR count). The summed E-state index contributed by atoms with van der Waals surface area (Å²) < 4.78 is 0. The molecule has 1 N–H and O–H groups in total. The molecule has 0 radical (unpaired) electrons. The van der Waals surface area contributed by atoms with Crippen molar-refractivity contribution in [3.63, 3.8) is 0 Å². The first-order chi connectivity index (χ1) is 22.7. The Kier molecular flexibility index (Phi) is 11.8. The summed E-state index contributed by atoms with van der Waals surface area (Å²) in [6, 6.07) is 10.7. The van der Waals surface area contributed by atoms with Crippen LogP contribution in [0.1, 0.15) is 66.9 Å². The second-order valence-corrected chi connectivity index (χ2v) is 14.8. The van der Waals surface area contributed by atoms with Crippen LogP contribution in [0.15, 0.2) is 67.8 Å². The molecule has 2 aliphatic heterocycles. The van der Waals surface area contributed by atoms with E-state index in [1.165, 1.54) is 16.8 Å². The number of amides is 3. The minimum atomic E-state index is -0.862. The number of anilines is 2. The second-order valence-electron chi connectivity index (χ2n) is 14.8. The van der Waals surface area contributed by atoms with Gasteiger partial charge in [0.05, 0.1) is 47.2 Å². The molecule has 0 unspecified atom stereocenters. The van der Waals surface area contributed by atoms with Crippen LogP contribution in [-0.4, -0.2) is 114 Å².